The molecule has 2 N–H and O–H groups in total. The Morgan fingerprint density at radius 2 is 1.86 bits per heavy atom. The van der Waals surface area contributed by atoms with Crippen LogP contribution in [0.2, 0.25) is 0 Å². The minimum atomic E-state index is -0.230. The van der Waals surface area contributed by atoms with Crippen molar-refractivity contribution in [1.29, 1.82) is 0 Å². The summed E-state index contributed by atoms with van der Waals surface area (Å²) in [7, 11) is 0. The molecule has 28 heavy (non-hydrogen) atoms. The summed E-state index contributed by atoms with van der Waals surface area (Å²) in [6.45, 7) is 4.18. The number of benzene rings is 2. The third-order valence-electron chi connectivity index (χ3n) is 4.44. The van der Waals surface area contributed by atoms with Gasteiger partial charge in [-0.25, -0.2) is 4.79 Å². The number of fused-ring (bicyclic) bond motifs is 1. The standard InChI is InChI=1S/C20H20N4O4/c1-3-12(2)21-20(25)22-15-7-4-13(5-8-15)18-23-19(28-24-18)14-6-9-16-17(10-14)27-11-26-16/h4-10,12H,3,11H2,1-2H3,(H2,21,22,25). The van der Waals surface area contributed by atoms with Gasteiger partial charge in [0.25, 0.3) is 5.89 Å². The van der Waals surface area contributed by atoms with Gasteiger partial charge in [-0.3, -0.25) is 0 Å². The summed E-state index contributed by atoms with van der Waals surface area (Å²) in [5.74, 6) is 2.21. The third kappa shape index (κ3) is 3.75. The predicted molar refractivity (Wildman–Crippen MR) is 103 cm³/mol. The molecule has 0 saturated heterocycles. The Labute approximate surface area is 161 Å². The lowest BCUT2D eigenvalue weighted by molar-refractivity contribution is 0.174. The minimum absolute atomic E-state index is 0.119. The van der Waals surface area contributed by atoms with E-state index < -0.39 is 0 Å². The number of hydrogen-bond acceptors (Lipinski definition) is 6. The van der Waals surface area contributed by atoms with Gasteiger partial charge in [0.2, 0.25) is 12.6 Å². The van der Waals surface area contributed by atoms with Gasteiger partial charge in [0.15, 0.2) is 11.5 Å². The maximum absolute atomic E-state index is 11.9. The van der Waals surface area contributed by atoms with Crippen LogP contribution in [0.15, 0.2) is 47.0 Å². The molecule has 1 unspecified atom stereocenters. The fraction of sp³-hybridized carbons (Fsp3) is 0.250. The molecule has 144 valence electrons. The largest absolute Gasteiger partial charge is 0.454 e. The van der Waals surface area contributed by atoms with Crippen LogP contribution in [0.4, 0.5) is 10.5 Å². The van der Waals surface area contributed by atoms with E-state index in [0.717, 1.165) is 17.5 Å². The van der Waals surface area contributed by atoms with E-state index in [1.807, 2.05) is 44.2 Å². The molecule has 1 aromatic heterocycles. The van der Waals surface area contributed by atoms with Gasteiger partial charge in [-0.2, -0.15) is 4.98 Å². The van der Waals surface area contributed by atoms with Crippen molar-refractivity contribution in [1.82, 2.24) is 15.5 Å². The lowest BCUT2D eigenvalue weighted by atomic mass is 10.2. The molecule has 0 spiro atoms. The molecular formula is C20H20N4O4. The molecule has 0 aliphatic carbocycles. The van der Waals surface area contributed by atoms with Crippen LogP contribution in [0.5, 0.6) is 11.5 Å². The van der Waals surface area contributed by atoms with Crippen LogP contribution in [-0.4, -0.2) is 29.0 Å². The van der Waals surface area contributed by atoms with Gasteiger partial charge in [0, 0.05) is 22.9 Å². The second kappa shape index (κ2) is 7.59. The molecule has 8 heteroatoms. The van der Waals surface area contributed by atoms with Crippen molar-refractivity contribution in [2.24, 2.45) is 0 Å². The smallest absolute Gasteiger partial charge is 0.319 e. The van der Waals surface area contributed by atoms with Crippen molar-refractivity contribution in [3.05, 3.63) is 42.5 Å². The molecule has 0 fully saturated rings. The SMILES string of the molecule is CCC(C)NC(=O)Nc1ccc(-c2noc(-c3ccc4c(c3)OCO4)n2)cc1. The van der Waals surface area contributed by atoms with Crippen molar-refractivity contribution < 1.29 is 18.8 Å². The van der Waals surface area contributed by atoms with Crippen LogP contribution in [0.3, 0.4) is 0 Å². The van der Waals surface area contributed by atoms with Crippen LogP contribution in [-0.2, 0) is 0 Å². The fourth-order valence-corrected chi connectivity index (χ4v) is 2.68. The highest BCUT2D eigenvalue weighted by molar-refractivity contribution is 5.89. The Morgan fingerprint density at radius 3 is 2.64 bits per heavy atom. The third-order valence-corrected chi connectivity index (χ3v) is 4.44. The van der Waals surface area contributed by atoms with E-state index in [0.29, 0.717) is 28.9 Å². The maximum Gasteiger partial charge on any atom is 0.319 e. The Morgan fingerprint density at radius 1 is 1.11 bits per heavy atom. The average molecular weight is 380 g/mol. The number of carbonyl (C=O) groups is 1. The lowest BCUT2D eigenvalue weighted by Gasteiger charge is -2.12. The molecule has 0 bridgehead atoms. The number of aromatic nitrogens is 2. The fourth-order valence-electron chi connectivity index (χ4n) is 2.68. The number of ether oxygens (including phenoxy) is 2. The van der Waals surface area contributed by atoms with E-state index in [9.17, 15) is 4.79 Å². The normalized spacial score (nSPS) is 13.2. The van der Waals surface area contributed by atoms with Crippen molar-refractivity contribution >= 4 is 11.7 Å². The Hall–Kier alpha value is -3.55. The number of hydrogen-bond donors (Lipinski definition) is 2. The van der Waals surface area contributed by atoms with Gasteiger partial charge in [-0.1, -0.05) is 12.1 Å². The van der Waals surface area contributed by atoms with E-state index in [4.69, 9.17) is 14.0 Å². The molecular weight excluding hydrogens is 360 g/mol. The van der Waals surface area contributed by atoms with Crippen LogP contribution in [0, 0.1) is 0 Å². The summed E-state index contributed by atoms with van der Waals surface area (Å²) in [6.07, 6.45) is 0.871. The van der Waals surface area contributed by atoms with Gasteiger partial charge in [-0.05, 0) is 55.8 Å². The molecule has 2 amide bonds. The number of anilines is 1. The molecule has 4 rings (SSSR count). The summed E-state index contributed by atoms with van der Waals surface area (Å²) in [6, 6.07) is 12.6. The molecule has 3 aromatic rings. The second-order valence-electron chi connectivity index (χ2n) is 6.48. The molecule has 1 atom stereocenters. The van der Waals surface area contributed by atoms with Gasteiger partial charge >= 0.3 is 6.03 Å². The molecule has 8 nitrogen and oxygen atoms in total. The predicted octanol–water partition coefficient (Wildman–Crippen LogP) is 4.05. The van der Waals surface area contributed by atoms with Crippen LogP contribution >= 0.6 is 0 Å². The zero-order valence-corrected chi connectivity index (χ0v) is 15.6. The zero-order valence-electron chi connectivity index (χ0n) is 15.6. The van der Waals surface area contributed by atoms with Gasteiger partial charge in [0.05, 0.1) is 0 Å². The number of nitrogens with zero attached hydrogens (tertiary/aromatic N) is 2. The number of rotatable bonds is 5. The Balaban J connectivity index is 1.46. The maximum atomic E-state index is 11.9. The van der Waals surface area contributed by atoms with Crippen LogP contribution in [0.1, 0.15) is 20.3 Å². The van der Waals surface area contributed by atoms with Crippen molar-refractivity contribution in [3.63, 3.8) is 0 Å². The minimum Gasteiger partial charge on any atom is -0.454 e. The second-order valence-corrected chi connectivity index (χ2v) is 6.48. The van der Waals surface area contributed by atoms with E-state index >= 15 is 0 Å². The topological polar surface area (TPSA) is 98.5 Å². The summed E-state index contributed by atoms with van der Waals surface area (Å²) in [5.41, 5.74) is 2.22. The molecule has 0 radical (unpaired) electrons. The van der Waals surface area contributed by atoms with Crippen LogP contribution in [0.25, 0.3) is 22.8 Å². The lowest BCUT2D eigenvalue weighted by Crippen LogP contribution is -2.35. The number of nitrogens with one attached hydrogen (secondary N) is 2. The monoisotopic (exact) mass is 380 g/mol. The zero-order chi connectivity index (χ0) is 19.5. The van der Waals surface area contributed by atoms with Gasteiger partial charge < -0.3 is 24.6 Å². The van der Waals surface area contributed by atoms with Crippen LogP contribution < -0.4 is 20.1 Å². The van der Waals surface area contributed by atoms with E-state index in [1.165, 1.54) is 0 Å². The van der Waals surface area contributed by atoms with E-state index in [2.05, 4.69) is 20.8 Å². The molecule has 0 saturated carbocycles. The first-order valence-corrected chi connectivity index (χ1v) is 9.04. The number of carbonyl (C=O) groups excluding carboxylic acids is 1. The van der Waals surface area contributed by atoms with Crippen molar-refractivity contribution in [3.8, 4) is 34.3 Å². The molecule has 2 heterocycles. The summed E-state index contributed by atoms with van der Waals surface area (Å²) >= 11 is 0. The first-order chi connectivity index (χ1) is 13.6. The quantitative estimate of drug-likeness (QED) is 0.693. The summed E-state index contributed by atoms with van der Waals surface area (Å²) < 4.78 is 16.1. The summed E-state index contributed by atoms with van der Waals surface area (Å²) in [5, 5.41) is 9.69. The van der Waals surface area contributed by atoms with E-state index in [1.54, 1.807) is 12.1 Å². The first kappa shape index (κ1) is 17.8. The summed E-state index contributed by atoms with van der Waals surface area (Å²) in [4.78, 5) is 16.3. The van der Waals surface area contributed by atoms with Crippen molar-refractivity contribution in [2.45, 2.75) is 26.3 Å². The highest BCUT2D eigenvalue weighted by Crippen LogP contribution is 2.35. The highest BCUT2D eigenvalue weighted by Gasteiger charge is 2.17. The highest BCUT2D eigenvalue weighted by atomic mass is 16.7. The first-order valence-electron chi connectivity index (χ1n) is 9.04. The molecule has 1 aliphatic rings. The number of urea groups is 1. The van der Waals surface area contributed by atoms with Gasteiger partial charge in [0.1, 0.15) is 0 Å². The van der Waals surface area contributed by atoms with E-state index in [-0.39, 0.29) is 18.9 Å². The average Bonchev–Trinajstić information content (AvgIpc) is 3.37. The molecule has 2 aromatic carbocycles. The molecule has 1 aliphatic heterocycles. The Bertz CT molecular complexity index is 984. The Kier molecular flexibility index (Phi) is 4.84. The van der Waals surface area contributed by atoms with Gasteiger partial charge in [-0.15, -0.1) is 0 Å². The van der Waals surface area contributed by atoms with Crippen molar-refractivity contribution in [2.75, 3.05) is 12.1 Å². The number of amides is 2.